The lowest BCUT2D eigenvalue weighted by Gasteiger charge is -2.29. The Labute approximate surface area is 233 Å². The average Bonchev–Trinajstić information content (AvgIpc) is 3.25. The highest BCUT2D eigenvalue weighted by Crippen LogP contribution is 2.28. The Bertz CT molecular complexity index is 1350. The second kappa shape index (κ2) is 12.1. The van der Waals surface area contributed by atoms with Gasteiger partial charge in [-0.05, 0) is 54.2 Å². The molecule has 2 N–H and O–H groups in total. The number of carbonyl (C=O) groups excluding carboxylic acids is 5. The Hall–Kier alpha value is -3.89. The van der Waals surface area contributed by atoms with E-state index in [4.69, 9.17) is 4.74 Å². The van der Waals surface area contributed by atoms with E-state index in [-0.39, 0.29) is 43.0 Å². The Morgan fingerprint density at radius 1 is 1.02 bits per heavy atom. The summed E-state index contributed by atoms with van der Waals surface area (Å²) >= 11 is 0. The van der Waals surface area contributed by atoms with Crippen LogP contribution >= 0.6 is 0 Å². The first-order valence-corrected chi connectivity index (χ1v) is 13.8. The van der Waals surface area contributed by atoms with Gasteiger partial charge in [-0.1, -0.05) is 24.3 Å². The van der Waals surface area contributed by atoms with E-state index in [0.29, 0.717) is 37.1 Å². The molecule has 10 heteroatoms. The zero-order chi connectivity index (χ0) is 28.2. The molecule has 0 bridgehead atoms. The van der Waals surface area contributed by atoms with Gasteiger partial charge in [0.25, 0.3) is 5.91 Å². The summed E-state index contributed by atoms with van der Waals surface area (Å²) in [5.74, 6) is -0.725. The lowest BCUT2D eigenvalue weighted by Crippen LogP contribution is -2.52. The number of aryl methyl sites for hydroxylation is 2. The Morgan fingerprint density at radius 2 is 1.80 bits per heavy atom. The van der Waals surface area contributed by atoms with Crippen LogP contribution in [0.15, 0.2) is 36.4 Å². The number of nitrogens with one attached hydrogen (secondary N) is 2. The van der Waals surface area contributed by atoms with Crippen LogP contribution in [0.5, 0.6) is 5.75 Å². The fourth-order valence-corrected chi connectivity index (χ4v) is 5.45. The van der Waals surface area contributed by atoms with E-state index in [0.717, 1.165) is 48.4 Å². The second-order valence-corrected chi connectivity index (χ2v) is 10.7. The molecule has 3 aliphatic rings. The van der Waals surface area contributed by atoms with Crippen molar-refractivity contribution in [3.8, 4) is 5.75 Å². The van der Waals surface area contributed by atoms with Crippen LogP contribution in [-0.2, 0) is 38.6 Å². The SMILES string of the molecule is Cc1ccc(CC(=O)CCc2ccc3c(c2)CN(C2CCC(=O)NC2=O)C3=O)cc1OC(=O)CN1CCNCC1. The molecule has 2 aromatic rings. The maximum Gasteiger partial charge on any atom is 0.325 e. The summed E-state index contributed by atoms with van der Waals surface area (Å²) in [4.78, 5) is 65.5. The third-order valence-corrected chi connectivity index (χ3v) is 7.72. The Morgan fingerprint density at radius 3 is 2.58 bits per heavy atom. The molecule has 2 saturated heterocycles. The standard InChI is InChI=1S/C30H34N4O6/c1-19-2-3-21(16-26(19)40-28(37)18-33-12-10-31-11-13-33)15-23(35)6-4-20-5-7-24-22(14-20)17-34(30(24)39)25-8-9-27(36)32-29(25)38/h2-3,5,7,14,16,25,31H,4,6,8-13,15,17-18H2,1H3,(H,32,36,38). The number of ether oxygens (including phenoxy) is 1. The van der Waals surface area contributed by atoms with Crippen molar-refractivity contribution in [2.75, 3.05) is 32.7 Å². The van der Waals surface area contributed by atoms with Gasteiger partial charge in [0, 0.05) is 57.5 Å². The number of piperidine rings is 1. The topological polar surface area (TPSA) is 125 Å². The van der Waals surface area contributed by atoms with Gasteiger partial charge < -0.3 is 15.0 Å². The minimum atomic E-state index is -0.650. The van der Waals surface area contributed by atoms with E-state index < -0.39 is 11.9 Å². The molecular formula is C30H34N4O6. The van der Waals surface area contributed by atoms with E-state index >= 15 is 0 Å². The molecule has 3 aliphatic heterocycles. The van der Waals surface area contributed by atoms with E-state index in [1.807, 2.05) is 31.2 Å². The average molecular weight is 547 g/mol. The number of benzene rings is 2. The molecule has 2 aromatic carbocycles. The number of hydrogen-bond acceptors (Lipinski definition) is 8. The molecule has 0 radical (unpaired) electrons. The van der Waals surface area contributed by atoms with E-state index in [1.165, 1.54) is 4.90 Å². The molecule has 1 atom stereocenters. The summed E-state index contributed by atoms with van der Waals surface area (Å²) in [6, 6.07) is 10.4. The maximum absolute atomic E-state index is 12.9. The number of carbonyl (C=O) groups is 5. The Kier molecular flexibility index (Phi) is 8.37. The summed E-state index contributed by atoms with van der Waals surface area (Å²) in [5, 5.41) is 5.57. The van der Waals surface area contributed by atoms with Crippen LogP contribution in [0, 0.1) is 6.92 Å². The zero-order valence-electron chi connectivity index (χ0n) is 22.7. The van der Waals surface area contributed by atoms with Crippen LogP contribution < -0.4 is 15.4 Å². The van der Waals surface area contributed by atoms with Crippen molar-refractivity contribution in [2.45, 2.75) is 51.6 Å². The lowest BCUT2D eigenvalue weighted by atomic mass is 9.99. The van der Waals surface area contributed by atoms with E-state index in [1.54, 1.807) is 12.1 Å². The van der Waals surface area contributed by atoms with Crippen molar-refractivity contribution in [1.29, 1.82) is 0 Å². The summed E-state index contributed by atoms with van der Waals surface area (Å²) in [6.45, 7) is 5.74. The first kappa shape index (κ1) is 27.7. The smallest absolute Gasteiger partial charge is 0.325 e. The van der Waals surface area contributed by atoms with Gasteiger partial charge in [0.2, 0.25) is 11.8 Å². The molecular weight excluding hydrogens is 512 g/mol. The van der Waals surface area contributed by atoms with Gasteiger partial charge in [-0.25, -0.2) is 0 Å². The summed E-state index contributed by atoms with van der Waals surface area (Å²) in [7, 11) is 0. The molecule has 40 heavy (non-hydrogen) atoms. The van der Waals surface area contributed by atoms with E-state index in [2.05, 4.69) is 15.5 Å². The van der Waals surface area contributed by atoms with E-state index in [9.17, 15) is 24.0 Å². The number of fused-ring (bicyclic) bond motifs is 1. The predicted octanol–water partition coefficient (Wildman–Crippen LogP) is 1.31. The highest BCUT2D eigenvalue weighted by Gasteiger charge is 2.39. The van der Waals surface area contributed by atoms with Crippen LogP contribution in [-0.4, -0.2) is 78.0 Å². The fourth-order valence-electron chi connectivity index (χ4n) is 5.45. The van der Waals surface area contributed by atoms with Crippen molar-refractivity contribution in [1.82, 2.24) is 20.4 Å². The van der Waals surface area contributed by atoms with Gasteiger partial charge in [-0.2, -0.15) is 0 Å². The summed E-state index contributed by atoms with van der Waals surface area (Å²) < 4.78 is 5.63. The van der Waals surface area contributed by atoms with Gasteiger partial charge in [-0.15, -0.1) is 0 Å². The number of hydrogen-bond donors (Lipinski definition) is 2. The molecule has 1 unspecified atom stereocenters. The van der Waals surface area contributed by atoms with Gasteiger partial charge in [0.15, 0.2) is 0 Å². The minimum absolute atomic E-state index is 0.0590. The van der Waals surface area contributed by atoms with Gasteiger partial charge in [0.05, 0.1) is 6.54 Å². The number of ketones is 1. The van der Waals surface area contributed by atoms with Crippen LogP contribution in [0.2, 0.25) is 0 Å². The summed E-state index contributed by atoms with van der Waals surface area (Å²) in [5.41, 5.74) is 3.95. The van der Waals surface area contributed by atoms with Gasteiger partial charge in [0.1, 0.15) is 17.6 Å². The third kappa shape index (κ3) is 6.46. The third-order valence-electron chi connectivity index (χ3n) is 7.72. The van der Waals surface area contributed by atoms with Crippen LogP contribution in [0.4, 0.5) is 0 Å². The second-order valence-electron chi connectivity index (χ2n) is 10.7. The number of rotatable bonds is 9. The molecule has 5 rings (SSSR count). The van der Waals surface area contributed by atoms with Crippen molar-refractivity contribution in [3.05, 3.63) is 64.2 Å². The number of imide groups is 1. The molecule has 2 fully saturated rings. The number of esters is 1. The minimum Gasteiger partial charge on any atom is -0.425 e. The lowest BCUT2D eigenvalue weighted by molar-refractivity contribution is -0.137. The highest BCUT2D eigenvalue weighted by atomic mass is 16.5. The van der Waals surface area contributed by atoms with Gasteiger partial charge in [-0.3, -0.25) is 34.2 Å². The predicted molar refractivity (Wildman–Crippen MR) is 146 cm³/mol. The van der Waals surface area contributed by atoms with Crippen LogP contribution in [0.1, 0.15) is 51.9 Å². The van der Waals surface area contributed by atoms with Crippen molar-refractivity contribution >= 4 is 29.5 Å². The highest BCUT2D eigenvalue weighted by molar-refractivity contribution is 6.05. The molecule has 3 heterocycles. The first-order valence-electron chi connectivity index (χ1n) is 13.8. The van der Waals surface area contributed by atoms with Crippen LogP contribution in [0.3, 0.4) is 0 Å². The molecule has 0 aromatic heterocycles. The number of Topliss-reactive ketones (excluding diaryl/α,β-unsaturated/α-hetero) is 1. The molecule has 0 aliphatic carbocycles. The summed E-state index contributed by atoms with van der Waals surface area (Å²) in [6.07, 6.45) is 1.62. The quantitative estimate of drug-likeness (QED) is 0.274. The van der Waals surface area contributed by atoms with Crippen molar-refractivity contribution < 1.29 is 28.7 Å². The van der Waals surface area contributed by atoms with Gasteiger partial charge >= 0.3 is 5.97 Å². The Balaban J connectivity index is 1.14. The largest absolute Gasteiger partial charge is 0.425 e. The van der Waals surface area contributed by atoms with Crippen molar-refractivity contribution in [3.63, 3.8) is 0 Å². The molecule has 0 spiro atoms. The van der Waals surface area contributed by atoms with Crippen molar-refractivity contribution in [2.24, 2.45) is 0 Å². The molecule has 3 amide bonds. The first-order chi connectivity index (χ1) is 19.3. The molecule has 210 valence electrons. The monoisotopic (exact) mass is 546 g/mol. The number of nitrogens with zero attached hydrogens (tertiary/aromatic N) is 2. The number of amides is 3. The molecule has 0 saturated carbocycles. The molecule has 10 nitrogen and oxygen atoms in total. The zero-order valence-corrected chi connectivity index (χ0v) is 22.7. The van der Waals surface area contributed by atoms with Crippen LogP contribution in [0.25, 0.3) is 0 Å². The fraction of sp³-hybridized carbons (Fsp3) is 0.433. The maximum atomic E-state index is 12.9. The normalized spacial score (nSPS) is 19.4. The number of piperazine rings is 1.